The van der Waals surface area contributed by atoms with E-state index in [1.807, 2.05) is 39.0 Å². The van der Waals surface area contributed by atoms with Gasteiger partial charge in [0.15, 0.2) is 0 Å². The van der Waals surface area contributed by atoms with Crippen molar-refractivity contribution in [1.82, 2.24) is 4.90 Å². The molecule has 1 aromatic rings. The van der Waals surface area contributed by atoms with Gasteiger partial charge in [0.05, 0.1) is 35.4 Å². The molecule has 4 aliphatic heterocycles. The van der Waals surface area contributed by atoms with Crippen molar-refractivity contribution in [1.29, 1.82) is 0 Å². The monoisotopic (exact) mass is 514 g/mol. The second-order valence-electron chi connectivity index (χ2n) is 10.0. The van der Waals surface area contributed by atoms with Crippen molar-refractivity contribution >= 4 is 35.1 Å². The number of esters is 1. The first-order valence-corrected chi connectivity index (χ1v) is 12.8. The van der Waals surface area contributed by atoms with Crippen LogP contribution in [0.1, 0.15) is 25.8 Å². The summed E-state index contributed by atoms with van der Waals surface area (Å²) in [6.07, 6.45) is 7.02. The molecule has 0 aliphatic carbocycles. The van der Waals surface area contributed by atoms with Crippen LogP contribution in [0.2, 0.25) is 5.02 Å². The summed E-state index contributed by atoms with van der Waals surface area (Å²) in [5.74, 6) is -3.19. The summed E-state index contributed by atoms with van der Waals surface area (Å²) < 4.78 is 11.9. The molecule has 0 bridgehead atoms. The molecule has 4 aliphatic rings. The van der Waals surface area contributed by atoms with Gasteiger partial charge in [0.1, 0.15) is 24.2 Å². The molecule has 192 valence electrons. The molecule has 7 atom stereocenters. The maximum Gasteiger partial charge on any atom is 0.313 e. The number of rotatable bonds is 5. The largest absolute Gasteiger partial charge is 0.461 e. The summed E-state index contributed by atoms with van der Waals surface area (Å²) in [6.45, 7) is 5.80. The van der Waals surface area contributed by atoms with Crippen LogP contribution < -0.4 is 4.90 Å². The summed E-state index contributed by atoms with van der Waals surface area (Å²) in [5.41, 5.74) is 0.00391. The predicted octanol–water partition coefficient (Wildman–Crippen LogP) is 2.65. The molecule has 1 N–H and O–H groups in total. The van der Waals surface area contributed by atoms with Crippen LogP contribution in [0.25, 0.3) is 0 Å². The number of cyclic esters (lactones) is 1. The molecule has 1 aromatic carbocycles. The van der Waals surface area contributed by atoms with Gasteiger partial charge >= 0.3 is 5.97 Å². The Hall–Kier alpha value is -2.68. The van der Waals surface area contributed by atoms with Crippen LogP contribution in [0, 0.1) is 24.7 Å². The Balaban J connectivity index is 1.69. The Bertz CT molecular complexity index is 1130. The van der Waals surface area contributed by atoms with E-state index < -0.39 is 41.6 Å². The number of carbonyl (C=O) groups is 3. The standard InChI is InChI=1S/C27H31ClN2O6/c1-4-15(2)18(14-31)30-23-25(33)29(22-16(3)8-5-9-17(22)28)12-7-11-27(23)21(24(30)32)20-19(36-27)10-6-13-35-26(20)34/h5-11,15,18-21,23,31H,4,12-14H2,1-3H3/t15-,18-,19+,20-,21-,23?,27-/m0/s1. The third-order valence-corrected chi connectivity index (χ3v) is 8.46. The summed E-state index contributed by atoms with van der Waals surface area (Å²) in [5, 5.41) is 10.8. The average molecular weight is 515 g/mol. The van der Waals surface area contributed by atoms with Gasteiger partial charge in [-0.15, -0.1) is 0 Å². The first-order chi connectivity index (χ1) is 17.3. The van der Waals surface area contributed by atoms with Gasteiger partial charge in [0, 0.05) is 6.54 Å². The first-order valence-electron chi connectivity index (χ1n) is 12.4. The van der Waals surface area contributed by atoms with E-state index in [1.165, 1.54) is 4.90 Å². The number of anilines is 1. The van der Waals surface area contributed by atoms with E-state index >= 15 is 0 Å². The van der Waals surface area contributed by atoms with Crippen molar-refractivity contribution in [2.24, 2.45) is 17.8 Å². The Morgan fingerprint density at radius 1 is 1.22 bits per heavy atom. The molecule has 5 rings (SSSR count). The highest BCUT2D eigenvalue weighted by Crippen LogP contribution is 2.54. The van der Waals surface area contributed by atoms with E-state index in [2.05, 4.69) is 0 Å². The molecule has 2 saturated heterocycles. The SMILES string of the molecule is CC[C@H](C)[C@H](CO)N1C(=O)[C@@H]2[C@H]3C(=O)OCC=C[C@H]3O[C@@]23C=CCN(c2c(C)cccc2Cl)C(=O)C13. The quantitative estimate of drug-likeness (QED) is 0.479. The zero-order valence-corrected chi connectivity index (χ0v) is 21.4. The van der Waals surface area contributed by atoms with Crippen molar-refractivity contribution in [3.63, 3.8) is 0 Å². The molecule has 1 unspecified atom stereocenters. The number of hydrogen-bond donors (Lipinski definition) is 1. The second-order valence-corrected chi connectivity index (χ2v) is 10.4. The second kappa shape index (κ2) is 9.32. The lowest BCUT2D eigenvalue weighted by molar-refractivity contribution is -0.154. The highest BCUT2D eigenvalue weighted by molar-refractivity contribution is 6.34. The first kappa shape index (κ1) is 25.0. The molecule has 9 heteroatoms. The van der Waals surface area contributed by atoms with E-state index in [0.717, 1.165) is 5.56 Å². The van der Waals surface area contributed by atoms with Gasteiger partial charge in [0.25, 0.3) is 5.91 Å². The van der Waals surface area contributed by atoms with E-state index in [9.17, 15) is 19.5 Å². The summed E-state index contributed by atoms with van der Waals surface area (Å²) in [6, 6.07) is 3.71. The number of nitrogens with zero attached hydrogens (tertiary/aromatic N) is 2. The number of aliphatic hydroxyl groups is 1. The van der Waals surface area contributed by atoms with Crippen LogP contribution in [-0.2, 0) is 23.9 Å². The van der Waals surface area contributed by atoms with E-state index in [0.29, 0.717) is 17.1 Å². The molecule has 0 radical (unpaired) electrons. The van der Waals surface area contributed by atoms with Crippen molar-refractivity contribution in [3.05, 3.63) is 53.1 Å². The average Bonchev–Trinajstić information content (AvgIpc) is 3.15. The molecular formula is C27H31ClN2O6. The zero-order chi connectivity index (χ0) is 25.8. The Morgan fingerprint density at radius 2 is 2.00 bits per heavy atom. The topological polar surface area (TPSA) is 96.4 Å². The van der Waals surface area contributed by atoms with Crippen LogP contribution in [0.4, 0.5) is 5.69 Å². The Kier molecular flexibility index (Phi) is 6.47. The van der Waals surface area contributed by atoms with Gasteiger partial charge in [0.2, 0.25) is 5.91 Å². The van der Waals surface area contributed by atoms with Crippen LogP contribution in [0.3, 0.4) is 0 Å². The van der Waals surface area contributed by atoms with Gasteiger partial charge in [-0.2, -0.15) is 0 Å². The molecular weight excluding hydrogens is 484 g/mol. The normalized spacial score (nSPS) is 33.0. The number of carbonyl (C=O) groups excluding carboxylic acids is 3. The predicted molar refractivity (Wildman–Crippen MR) is 133 cm³/mol. The number of ether oxygens (including phenoxy) is 2. The van der Waals surface area contributed by atoms with Crippen molar-refractivity contribution in [2.45, 2.75) is 51.0 Å². The highest BCUT2D eigenvalue weighted by atomic mass is 35.5. The number of hydrogen-bond acceptors (Lipinski definition) is 6. The van der Waals surface area contributed by atoms with Crippen LogP contribution in [-0.4, -0.2) is 71.3 Å². The summed E-state index contributed by atoms with van der Waals surface area (Å²) >= 11 is 6.56. The number of benzene rings is 1. The zero-order valence-electron chi connectivity index (χ0n) is 20.6. The van der Waals surface area contributed by atoms with Crippen molar-refractivity contribution in [3.8, 4) is 0 Å². The Morgan fingerprint density at radius 3 is 2.69 bits per heavy atom. The molecule has 4 heterocycles. The fourth-order valence-corrected chi connectivity index (χ4v) is 6.57. The maximum atomic E-state index is 14.4. The van der Waals surface area contributed by atoms with E-state index in [4.69, 9.17) is 21.1 Å². The Labute approximate surface area is 215 Å². The number of aryl methyl sites for hydroxylation is 1. The lowest BCUT2D eigenvalue weighted by Crippen LogP contribution is -2.59. The third-order valence-electron chi connectivity index (χ3n) is 8.16. The van der Waals surface area contributed by atoms with Crippen LogP contribution >= 0.6 is 11.6 Å². The number of aliphatic hydroxyl groups excluding tert-OH is 1. The van der Waals surface area contributed by atoms with Gasteiger partial charge in [-0.05, 0) is 30.5 Å². The van der Waals surface area contributed by atoms with E-state index in [1.54, 1.807) is 29.2 Å². The number of para-hydroxylation sites is 1. The van der Waals surface area contributed by atoms with Gasteiger partial charge in [-0.1, -0.05) is 62.2 Å². The lowest BCUT2D eigenvalue weighted by atomic mass is 9.78. The van der Waals surface area contributed by atoms with Crippen molar-refractivity contribution in [2.75, 3.05) is 24.7 Å². The fourth-order valence-electron chi connectivity index (χ4n) is 6.25. The van der Waals surface area contributed by atoms with E-state index in [-0.39, 0.29) is 37.5 Å². The fraction of sp³-hybridized carbons (Fsp3) is 0.519. The minimum atomic E-state index is -1.38. The van der Waals surface area contributed by atoms with Gasteiger partial charge < -0.3 is 24.4 Å². The number of fused-ring (bicyclic) bond motifs is 2. The lowest BCUT2D eigenvalue weighted by Gasteiger charge is -2.40. The minimum absolute atomic E-state index is 0.0952. The molecule has 0 saturated carbocycles. The molecule has 1 spiro atoms. The number of halogens is 1. The van der Waals surface area contributed by atoms with Crippen LogP contribution in [0.15, 0.2) is 42.5 Å². The highest BCUT2D eigenvalue weighted by Gasteiger charge is 2.73. The van der Waals surface area contributed by atoms with Crippen LogP contribution in [0.5, 0.6) is 0 Å². The summed E-state index contributed by atoms with van der Waals surface area (Å²) in [4.78, 5) is 44.7. The number of amides is 2. The molecule has 8 nitrogen and oxygen atoms in total. The summed E-state index contributed by atoms with van der Waals surface area (Å²) in [7, 11) is 0. The minimum Gasteiger partial charge on any atom is -0.461 e. The number of likely N-dealkylation sites (tertiary alicyclic amines) is 1. The van der Waals surface area contributed by atoms with Gasteiger partial charge in [-0.3, -0.25) is 14.4 Å². The molecule has 36 heavy (non-hydrogen) atoms. The molecule has 2 fully saturated rings. The third kappa shape index (κ3) is 3.53. The van der Waals surface area contributed by atoms with Gasteiger partial charge in [-0.25, -0.2) is 0 Å². The maximum absolute atomic E-state index is 14.4. The molecule has 0 aromatic heterocycles. The van der Waals surface area contributed by atoms with Crippen molar-refractivity contribution < 1.29 is 29.0 Å². The molecule has 2 amide bonds. The smallest absolute Gasteiger partial charge is 0.313 e.